The predicted octanol–water partition coefficient (Wildman–Crippen LogP) is 2.86. The Morgan fingerprint density at radius 2 is 2.00 bits per heavy atom. The number of fused-ring (bicyclic) bond motifs is 1. The average Bonchev–Trinajstić information content (AvgIpc) is 2.57. The normalized spacial score (nSPS) is 24.3. The maximum atomic E-state index is 12.8. The summed E-state index contributed by atoms with van der Waals surface area (Å²) in [6.45, 7) is 2.77. The second-order valence-electron chi connectivity index (χ2n) is 6.74. The molecular formula is C19H21N3O. The topological polar surface area (TPSA) is 45.2 Å². The van der Waals surface area contributed by atoms with Gasteiger partial charge in [0, 0.05) is 31.2 Å². The summed E-state index contributed by atoms with van der Waals surface area (Å²) in [4.78, 5) is 19.3. The van der Waals surface area contributed by atoms with Gasteiger partial charge in [0.1, 0.15) is 0 Å². The lowest BCUT2D eigenvalue weighted by molar-refractivity contribution is -0.129. The second-order valence-corrected chi connectivity index (χ2v) is 6.74. The van der Waals surface area contributed by atoms with E-state index in [0.29, 0.717) is 0 Å². The van der Waals surface area contributed by atoms with Gasteiger partial charge in [0.05, 0.1) is 5.41 Å². The van der Waals surface area contributed by atoms with Crippen LogP contribution >= 0.6 is 0 Å². The van der Waals surface area contributed by atoms with Gasteiger partial charge in [0.25, 0.3) is 0 Å². The number of likely N-dealkylation sites (tertiary alicyclic amines) is 1. The SMILES string of the molecule is O=C1Nc2ccccc2CC12CCCN(Cc1ccncc1)C2. The highest BCUT2D eigenvalue weighted by molar-refractivity contribution is 5.98. The number of amides is 1. The van der Waals surface area contributed by atoms with Gasteiger partial charge in [0.2, 0.25) is 5.91 Å². The van der Waals surface area contributed by atoms with Crippen LogP contribution in [0.3, 0.4) is 0 Å². The number of benzene rings is 1. The van der Waals surface area contributed by atoms with Crippen molar-refractivity contribution in [2.45, 2.75) is 25.8 Å². The second kappa shape index (κ2) is 5.78. The molecule has 4 heteroatoms. The van der Waals surface area contributed by atoms with Crippen LogP contribution in [0, 0.1) is 5.41 Å². The van der Waals surface area contributed by atoms with E-state index in [1.165, 1.54) is 11.1 Å². The lowest BCUT2D eigenvalue weighted by atomic mass is 9.72. The van der Waals surface area contributed by atoms with Crippen molar-refractivity contribution in [3.05, 3.63) is 59.9 Å². The van der Waals surface area contributed by atoms with Gasteiger partial charge in [-0.3, -0.25) is 14.7 Å². The van der Waals surface area contributed by atoms with E-state index in [2.05, 4.69) is 39.5 Å². The third kappa shape index (κ3) is 2.75. The highest BCUT2D eigenvalue weighted by atomic mass is 16.2. The molecule has 0 saturated carbocycles. The van der Waals surface area contributed by atoms with Gasteiger partial charge in [-0.1, -0.05) is 18.2 Å². The summed E-state index contributed by atoms with van der Waals surface area (Å²) in [5, 5.41) is 3.13. The van der Waals surface area contributed by atoms with Gasteiger partial charge in [-0.25, -0.2) is 0 Å². The summed E-state index contributed by atoms with van der Waals surface area (Å²) in [6.07, 6.45) is 6.56. The first kappa shape index (κ1) is 14.4. The number of para-hydroxylation sites is 1. The molecule has 3 heterocycles. The molecule has 1 atom stereocenters. The molecule has 4 rings (SSSR count). The number of nitrogens with one attached hydrogen (secondary N) is 1. The van der Waals surface area contributed by atoms with Crippen LogP contribution in [-0.4, -0.2) is 28.9 Å². The number of piperidine rings is 1. The molecule has 1 spiro atoms. The molecule has 1 aromatic carbocycles. The van der Waals surface area contributed by atoms with Gasteiger partial charge in [0.15, 0.2) is 0 Å². The van der Waals surface area contributed by atoms with Crippen LogP contribution in [0.2, 0.25) is 0 Å². The Bertz CT molecular complexity index is 716. The van der Waals surface area contributed by atoms with Crippen molar-refractivity contribution in [1.29, 1.82) is 0 Å². The fourth-order valence-corrected chi connectivity index (χ4v) is 3.93. The van der Waals surface area contributed by atoms with E-state index in [9.17, 15) is 4.79 Å². The number of pyridine rings is 1. The van der Waals surface area contributed by atoms with Crippen LogP contribution in [0.5, 0.6) is 0 Å². The smallest absolute Gasteiger partial charge is 0.232 e. The molecule has 1 amide bonds. The van der Waals surface area contributed by atoms with Crippen LogP contribution < -0.4 is 5.32 Å². The van der Waals surface area contributed by atoms with E-state index < -0.39 is 0 Å². The van der Waals surface area contributed by atoms with Crippen molar-refractivity contribution in [2.24, 2.45) is 5.41 Å². The maximum Gasteiger partial charge on any atom is 0.232 e. The third-order valence-corrected chi connectivity index (χ3v) is 5.09. The highest BCUT2D eigenvalue weighted by Crippen LogP contribution is 2.40. The highest BCUT2D eigenvalue weighted by Gasteiger charge is 2.44. The number of hydrogen-bond donors (Lipinski definition) is 1. The van der Waals surface area contributed by atoms with E-state index in [4.69, 9.17) is 0 Å². The van der Waals surface area contributed by atoms with E-state index >= 15 is 0 Å². The zero-order valence-corrected chi connectivity index (χ0v) is 13.2. The largest absolute Gasteiger partial charge is 0.325 e. The van der Waals surface area contributed by atoms with Crippen LogP contribution in [-0.2, 0) is 17.8 Å². The van der Waals surface area contributed by atoms with Crippen molar-refractivity contribution in [2.75, 3.05) is 18.4 Å². The van der Waals surface area contributed by atoms with Crippen molar-refractivity contribution in [3.63, 3.8) is 0 Å². The van der Waals surface area contributed by atoms with Crippen LogP contribution in [0.4, 0.5) is 5.69 Å². The van der Waals surface area contributed by atoms with Crippen molar-refractivity contribution >= 4 is 11.6 Å². The lowest BCUT2D eigenvalue weighted by Crippen LogP contribution is -2.52. The van der Waals surface area contributed by atoms with E-state index in [1.807, 2.05) is 24.5 Å². The first-order valence-electron chi connectivity index (χ1n) is 8.26. The first-order valence-corrected chi connectivity index (χ1v) is 8.26. The van der Waals surface area contributed by atoms with Crippen molar-refractivity contribution in [1.82, 2.24) is 9.88 Å². The number of aromatic nitrogens is 1. The van der Waals surface area contributed by atoms with Crippen LogP contribution in [0.15, 0.2) is 48.8 Å². The molecule has 1 unspecified atom stereocenters. The molecule has 1 N–H and O–H groups in total. The average molecular weight is 307 g/mol. The van der Waals surface area contributed by atoms with Crippen LogP contribution in [0.1, 0.15) is 24.0 Å². The van der Waals surface area contributed by atoms with Crippen molar-refractivity contribution in [3.8, 4) is 0 Å². The zero-order chi connectivity index (χ0) is 15.7. The summed E-state index contributed by atoms with van der Waals surface area (Å²) in [7, 11) is 0. The van der Waals surface area contributed by atoms with Crippen molar-refractivity contribution < 1.29 is 4.79 Å². The number of nitrogens with zero attached hydrogens (tertiary/aromatic N) is 2. The van der Waals surface area contributed by atoms with E-state index in [0.717, 1.165) is 44.6 Å². The Morgan fingerprint density at radius 3 is 2.87 bits per heavy atom. The van der Waals surface area contributed by atoms with E-state index in [-0.39, 0.29) is 11.3 Å². The minimum Gasteiger partial charge on any atom is -0.325 e. The van der Waals surface area contributed by atoms with Gasteiger partial charge < -0.3 is 5.32 Å². The fourth-order valence-electron chi connectivity index (χ4n) is 3.93. The molecule has 1 aromatic heterocycles. The Labute approximate surface area is 136 Å². The van der Waals surface area contributed by atoms with Gasteiger partial charge in [-0.05, 0) is 55.1 Å². The summed E-state index contributed by atoms with van der Waals surface area (Å²) in [5.74, 6) is 0.190. The van der Waals surface area contributed by atoms with Gasteiger partial charge in [-0.15, -0.1) is 0 Å². The lowest BCUT2D eigenvalue weighted by Gasteiger charge is -2.44. The Hall–Kier alpha value is -2.20. The third-order valence-electron chi connectivity index (χ3n) is 5.09. The van der Waals surface area contributed by atoms with Gasteiger partial charge in [-0.2, -0.15) is 0 Å². The number of carbonyl (C=O) groups excluding carboxylic acids is 1. The number of carbonyl (C=O) groups is 1. The Morgan fingerprint density at radius 1 is 1.17 bits per heavy atom. The molecule has 1 fully saturated rings. The predicted molar refractivity (Wildman–Crippen MR) is 90.0 cm³/mol. The molecule has 1 saturated heterocycles. The summed E-state index contributed by atoms with van der Waals surface area (Å²) in [5.41, 5.74) is 3.22. The molecule has 0 radical (unpaired) electrons. The molecular weight excluding hydrogens is 286 g/mol. The summed E-state index contributed by atoms with van der Waals surface area (Å²) >= 11 is 0. The molecule has 0 aliphatic carbocycles. The summed E-state index contributed by atoms with van der Waals surface area (Å²) in [6, 6.07) is 12.3. The monoisotopic (exact) mass is 307 g/mol. The Kier molecular flexibility index (Phi) is 3.62. The number of hydrogen-bond acceptors (Lipinski definition) is 3. The molecule has 118 valence electrons. The zero-order valence-electron chi connectivity index (χ0n) is 13.2. The molecule has 0 bridgehead atoms. The molecule has 2 aliphatic rings. The number of anilines is 1. The standard InChI is InChI=1S/C19H21N3O/c23-18-19(12-16-4-1-2-5-17(16)21-18)8-3-11-22(14-19)13-15-6-9-20-10-7-15/h1-2,4-7,9-10H,3,8,11-14H2,(H,21,23). The minimum absolute atomic E-state index is 0.190. The van der Waals surface area contributed by atoms with E-state index in [1.54, 1.807) is 0 Å². The molecule has 4 nitrogen and oxygen atoms in total. The first-order chi connectivity index (χ1) is 11.3. The molecule has 2 aliphatic heterocycles. The van der Waals surface area contributed by atoms with Gasteiger partial charge >= 0.3 is 0 Å². The summed E-state index contributed by atoms with van der Waals surface area (Å²) < 4.78 is 0. The fraction of sp³-hybridized carbons (Fsp3) is 0.368. The maximum absolute atomic E-state index is 12.8. The van der Waals surface area contributed by atoms with Crippen LogP contribution in [0.25, 0.3) is 0 Å². The minimum atomic E-state index is -0.278. The quantitative estimate of drug-likeness (QED) is 0.928. The number of rotatable bonds is 2. The molecule has 2 aromatic rings. The Balaban J connectivity index is 1.55. The molecule has 23 heavy (non-hydrogen) atoms.